The molecular weight excluding hydrogens is 402 g/mol. The molecular formula is C26H43N3O3. The van der Waals surface area contributed by atoms with Gasteiger partial charge < -0.3 is 15.3 Å². The number of carbonyl (C=O) groups is 2. The van der Waals surface area contributed by atoms with Gasteiger partial charge in [0.1, 0.15) is 0 Å². The number of fused-ring (bicyclic) bond motifs is 1. The van der Waals surface area contributed by atoms with Crippen LogP contribution >= 0.6 is 0 Å². The molecule has 1 aliphatic heterocycles. The molecule has 0 saturated heterocycles. The Balaban J connectivity index is 2.42. The third-order valence-electron chi connectivity index (χ3n) is 6.20. The van der Waals surface area contributed by atoms with Crippen LogP contribution < -0.4 is 10.2 Å². The minimum absolute atomic E-state index is 0.0380. The summed E-state index contributed by atoms with van der Waals surface area (Å²) in [5.41, 5.74) is 2.49. The molecule has 180 valence electrons. The van der Waals surface area contributed by atoms with E-state index >= 15 is 0 Å². The number of nitrogens with one attached hydrogen (secondary N) is 1. The first kappa shape index (κ1) is 26.3. The zero-order chi connectivity index (χ0) is 23.7. The Morgan fingerprint density at radius 3 is 2.28 bits per heavy atom. The Bertz CT molecular complexity index is 748. The standard InChI is InChI=1S/C26H43N3O3/c1-19(2)16-28-13-9-7-6-8-10-14-29(21(5)31)25-12-11-22(15-23(25)17-28)26(32)27-24(18-30)20(3)4/h11-12,15,19-20,24,30H,6-10,13-14,16-18H2,1-5H3,(H,27,32)/t24-/m1/s1. The number of anilines is 1. The van der Waals surface area contributed by atoms with Crippen molar-refractivity contribution in [3.63, 3.8) is 0 Å². The van der Waals surface area contributed by atoms with E-state index < -0.39 is 0 Å². The second-order valence-corrected chi connectivity index (χ2v) is 9.92. The summed E-state index contributed by atoms with van der Waals surface area (Å²) < 4.78 is 0. The predicted molar refractivity (Wildman–Crippen MR) is 131 cm³/mol. The van der Waals surface area contributed by atoms with Gasteiger partial charge in [0.2, 0.25) is 5.91 Å². The van der Waals surface area contributed by atoms with E-state index in [0.717, 1.165) is 37.2 Å². The van der Waals surface area contributed by atoms with Crippen molar-refractivity contribution < 1.29 is 14.7 Å². The van der Waals surface area contributed by atoms with Gasteiger partial charge >= 0.3 is 0 Å². The van der Waals surface area contributed by atoms with Gasteiger partial charge in [0, 0.05) is 37.8 Å². The van der Waals surface area contributed by atoms with Crippen molar-refractivity contribution in [1.82, 2.24) is 10.2 Å². The fourth-order valence-corrected chi connectivity index (χ4v) is 4.37. The van der Waals surface area contributed by atoms with Crippen LogP contribution in [0.5, 0.6) is 0 Å². The summed E-state index contributed by atoms with van der Waals surface area (Å²) in [6, 6.07) is 5.38. The van der Waals surface area contributed by atoms with Crippen molar-refractivity contribution in [2.24, 2.45) is 11.8 Å². The molecule has 0 unspecified atom stereocenters. The molecule has 0 fully saturated rings. The maximum Gasteiger partial charge on any atom is 0.251 e. The van der Waals surface area contributed by atoms with E-state index in [1.54, 1.807) is 13.0 Å². The summed E-state index contributed by atoms with van der Waals surface area (Å²) in [6.45, 7) is 13.4. The van der Waals surface area contributed by atoms with Crippen LogP contribution in [0.1, 0.15) is 82.6 Å². The molecule has 1 atom stereocenters. The van der Waals surface area contributed by atoms with Gasteiger partial charge in [0.05, 0.1) is 12.6 Å². The van der Waals surface area contributed by atoms with Crippen LogP contribution in [-0.2, 0) is 11.3 Å². The summed E-state index contributed by atoms with van der Waals surface area (Å²) in [4.78, 5) is 29.8. The zero-order valence-electron chi connectivity index (χ0n) is 20.7. The summed E-state index contributed by atoms with van der Waals surface area (Å²) in [5, 5.41) is 12.6. The molecule has 1 heterocycles. The van der Waals surface area contributed by atoms with Crippen LogP contribution in [0.3, 0.4) is 0 Å². The molecule has 0 aliphatic carbocycles. The minimum Gasteiger partial charge on any atom is -0.394 e. The number of aliphatic hydroxyl groups excluding tert-OH is 1. The van der Waals surface area contributed by atoms with Crippen molar-refractivity contribution in [2.75, 3.05) is 31.1 Å². The van der Waals surface area contributed by atoms with Crippen molar-refractivity contribution in [3.05, 3.63) is 29.3 Å². The lowest BCUT2D eigenvalue weighted by Gasteiger charge is -2.30. The second-order valence-electron chi connectivity index (χ2n) is 9.92. The summed E-state index contributed by atoms with van der Waals surface area (Å²) >= 11 is 0. The highest BCUT2D eigenvalue weighted by Gasteiger charge is 2.22. The molecule has 0 radical (unpaired) electrons. The van der Waals surface area contributed by atoms with E-state index in [1.165, 1.54) is 19.3 Å². The van der Waals surface area contributed by atoms with E-state index in [9.17, 15) is 14.7 Å². The Labute approximate surface area is 194 Å². The van der Waals surface area contributed by atoms with Crippen molar-refractivity contribution in [1.29, 1.82) is 0 Å². The van der Waals surface area contributed by atoms with Crippen molar-refractivity contribution in [2.45, 2.75) is 79.3 Å². The van der Waals surface area contributed by atoms with Crippen LogP contribution in [0.4, 0.5) is 5.69 Å². The molecule has 32 heavy (non-hydrogen) atoms. The van der Waals surface area contributed by atoms with Crippen LogP contribution in [0.2, 0.25) is 0 Å². The van der Waals surface area contributed by atoms with E-state index in [1.807, 2.05) is 30.9 Å². The maximum atomic E-state index is 12.9. The largest absolute Gasteiger partial charge is 0.394 e. The SMILES string of the molecule is CC(=O)N1CCCCCCCN(CC(C)C)Cc2cc(C(=O)N[C@H](CO)C(C)C)ccc21. The van der Waals surface area contributed by atoms with Crippen molar-refractivity contribution in [3.8, 4) is 0 Å². The molecule has 0 aromatic heterocycles. The number of amides is 2. The smallest absolute Gasteiger partial charge is 0.251 e. The molecule has 2 N–H and O–H groups in total. The van der Waals surface area contributed by atoms with Gasteiger partial charge in [-0.3, -0.25) is 14.5 Å². The Morgan fingerprint density at radius 2 is 1.69 bits per heavy atom. The van der Waals surface area contributed by atoms with Gasteiger partial charge in [-0.25, -0.2) is 0 Å². The molecule has 2 rings (SSSR count). The van der Waals surface area contributed by atoms with Gasteiger partial charge in [-0.2, -0.15) is 0 Å². The topological polar surface area (TPSA) is 72.9 Å². The zero-order valence-corrected chi connectivity index (χ0v) is 20.7. The first-order chi connectivity index (χ1) is 15.2. The maximum absolute atomic E-state index is 12.9. The van der Waals surface area contributed by atoms with Gasteiger partial charge in [-0.1, -0.05) is 47.0 Å². The van der Waals surface area contributed by atoms with Gasteiger partial charge in [0.15, 0.2) is 0 Å². The highest BCUT2D eigenvalue weighted by molar-refractivity contribution is 5.97. The van der Waals surface area contributed by atoms with Gasteiger partial charge in [-0.05, 0) is 55.0 Å². The first-order valence-electron chi connectivity index (χ1n) is 12.3. The number of nitrogens with zero attached hydrogens (tertiary/aromatic N) is 2. The lowest BCUT2D eigenvalue weighted by Crippen LogP contribution is -2.41. The number of rotatable bonds is 6. The Morgan fingerprint density at radius 1 is 1.03 bits per heavy atom. The molecule has 0 spiro atoms. The predicted octanol–water partition coefficient (Wildman–Crippen LogP) is 4.21. The molecule has 1 aliphatic rings. The van der Waals surface area contributed by atoms with Crippen LogP contribution in [-0.4, -0.2) is 54.1 Å². The number of benzene rings is 1. The van der Waals surface area contributed by atoms with Crippen molar-refractivity contribution >= 4 is 17.5 Å². The Hall–Kier alpha value is -1.92. The lowest BCUT2D eigenvalue weighted by molar-refractivity contribution is -0.116. The summed E-state index contributed by atoms with van der Waals surface area (Å²) in [5.74, 6) is 0.536. The number of hydrogen-bond acceptors (Lipinski definition) is 4. The highest BCUT2D eigenvalue weighted by atomic mass is 16.3. The number of hydrogen-bond donors (Lipinski definition) is 2. The molecule has 6 heteroatoms. The molecule has 0 bridgehead atoms. The van der Waals surface area contributed by atoms with E-state index in [0.29, 0.717) is 24.6 Å². The monoisotopic (exact) mass is 445 g/mol. The van der Waals surface area contributed by atoms with E-state index in [4.69, 9.17) is 0 Å². The average Bonchev–Trinajstić information content (AvgIpc) is 2.72. The Kier molecular flexibility index (Phi) is 10.7. The highest BCUT2D eigenvalue weighted by Crippen LogP contribution is 2.26. The average molecular weight is 446 g/mol. The van der Waals surface area contributed by atoms with Crippen LogP contribution in [0, 0.1) is 11.8 Å². The summed E-state index contributed by atoms with van der Waals surface area (Å²) in [6.07, 6.45) is 5.70. The third-order valence-corrected chi connectivity index (χ3v) is 6.20. The van der Waals surface area contributed by atoms with Crippen LogP contribution in [0.25, 0.3) is 0 Å². The molecule has 6 nitrogen and oxygen atoms in total. The minimum atomic E-state index is -0.283. The molecule has 1 aromatic carbocycles. The quantitative estimate of drug-likeness (QED) is 0.688. The van der Waals surface area contributed by atoms with Gasteiger partial charge in [0.25, 0.3) is 5.91 Å². The fraction of sp³-hybridized carbons (Fsp3) is 0.692. The number of aliphatic hydroxyl groups is 1. The fourth-order valence-electron chi connectivity index (χ4n) is 4.37. The van der Waals surface area contributed by atoms with Gasteiger partial charge in [-0.15, -0.1) is 0 Å². The van der Waals surface area contributed by atoms with E-state index in [-0.39, 0.29) is 30.4 Å². The first-order valence-corrected chi connectivity index (χ1v) is 12.3. The van der Waals surface area contributed by atoms with Crippen LogP contribution in [0.15, 0.2) is 18.2 Å². The number of carbonyl (C=O) groups excluding carboxylic acids is 2. The second kappa shape index (κ2) is 12.9. The third kappa shape index (κ3) is 7.89. The van der Waals surface area contributed by atoms with E-state index in [2.05, 4.69) is 24.1 Å². The normalized spacial score (nSPS) is 17.4. The summed E-state index contributed by atoms with van der Waals surface area (Å²) in [7, 11) is 0. The lowest BCUT2D eigenvalue weighted by atomic mass is 10.0. The molecule has 0 saturated carbocycles. The molecule has 1 aromatic rings. The molecule has 2 amide bonds.